The number of hydrogen-bond acceptors (Lipinski definition) is 3. The van der Waals surface area contributed by atoms with E-state index in [2.05, 4.69) is 113 Å². The molecule has 0 amide bonds. The van der Waals surface area contributed by atoms with Crippen molar-refractivity contribution >= 4 is 12.8 Å². The molecular weight excluding hydrogens is 453 g/mol. The molecule has 2 atom stereocenters. The largest absolute Gasteiger partial charge is 0.490 e. The van der Waals surface area contributed by atoms with Crippen LogP contribution in [0.2, 0.25) is 0 Å². The SMILES string of the molecule is CC.CCC1C(B2OC(C)(C)C(C)(C)O2)=CC=C2NC1(CC)c1cc3c(cc12)C(C)(C)C(C)(C)C3(C)C. The van der Waals surface area contributed by atoms with Gasteiger partial charge in [0.2, 0.25) is 0 Å². The molecule has 0 aromatic heterocycles. The minimum absolute atomic E-state index is 0.0863. The Morgan fingerprint density at radius 3 is 1.76 bits per heavy atom. The van der Waals surface area contributed by atoms with Crippen molar-refractivity contribution in [2.45, 2.75) is 137 Å². The van der Waals surface area contributed by atoms with Gasteiger partial charge in [-0.2, -0.15) is 0 Å². The monoisotopic (exact) mass is 505 g/mol. The summed E-state index contributed by atoms with van der Waals surface area (Å²) >= 11 is 0. The highest BCUT2D eigenvalue weighted by atomic mass is 16.7. The van der Waals surface area contributed by atoms with E-state index in [1.54, 1.807) is 0 Å². The average Bonchev–Trinajstić information content (AvgIpc) is 3.20. The smallest absolute Gasteiger partial charge is 0.400 e. The molecule has 0 radical (unpaired) electrons. The van der Waals surface area contributed by atoms with Crippen LogP contribution in [-0.4, -0.2) is 18.3 Å². The quantitative estimate of drug-likeness (QED) is 0.418. The van der Waals surface area contributed by atoms with Crippen molar-refractivity contribution in [1.82, 2.24) is 5.32 Å². The number of nitrogens with one attached hydrogen (secondary N) is 1. The van der Waals surface area contributed by atoms with Crippen LogP contribution < -0.4 is 5.32 Å². The second-order valence-electron chi connectivity index (χ2n) is 14.1. The van der Waals surface area contributed by atoms with Crippen molar-refractivity contribution in [2.24, 2.45) is 11.3 Å². The molecule has 4 heteroatoms. The molecule has 1 aliphatic carbocycles. The molecule has 0 saturated carbocycles. The summed E-state index contributed by atoms with van der Waals surface area (Å²) < 4.78 is 13.2. The molecule has 0 spiro atoms. The Balaban J connectivity index is 0.00000156. The van der Waals surface area contributed by atoms with Gasteiger partial charge < -0.3 is 14.6 Å². The van der Waals surface area contributed by atoms with E-state index in [-0.39, 0.29) is 46.0 Å². The van der Waals surface area contributed by atoms with Crippen molar-refractivity contribution in [3.8, 4) is 0 Å². The molecule has 1 fully saturated rings. The molecule has 1 N–H and O–H groups in total. The molecule has 2 bridgehead atoms. The third kappa shape index (κ3) is 3.46. The van der Waals surface area contributed by atoms with Gasteiger partial charge >= 0.3 is 7.12 Å². The van der Waals surface area contributed by atoms with Gasteiger partial charge in [-0.25, -0.2) is 0 Å². The van der Waals surface area contributed by atoms with Crippen LogP contribution in [0.15, 0.2) is 29.8 Å². The maximum absolute atomic E-state index is 6.59. The fourth-order valence-electron chi connectivity index (χ4n) is 7.37. The second-order valence-corrected chi connectivity index (χ2v) is 14.1. The lowest BCUT2D eigenvalue weighted by Crippen LogP contribution is -2.46. The number of fused-ring (bicyclic) bond motifs is 6. The summed E-state index contributed by atoms with van der Waals surface area (Å²) in [5, 5.41) is 4.05. The van der Waals surface area contributed by atoms with E-state index in [0.717, 1.165) is 12.8 Å². The summed E-state index contributed by atoms with van der Waals surface area (Å²) in [4.78, 5) is 0. The van der Waals surface area contributed by atoms with E-state index in [9.17, 15) is 0 Å². The highest BCUT2D eigenvalue weighted by Crippen LogP contribution is 2.63. The lowest BCUT2D eigenvalue weighted by molar-refractivity contribution is 0.00578. The van der Waals surface area contributed by atoms with Gasteiger partial charge in [-0.3, -0.25) is 0 Å². The molecule has 3 heterocycles. The first kappa shape index (κ1) is 28.5. The molecule has 37 heavy (non-hydrogen) atoms. The molecular formula is C33H52BNO2. The van der Waals surface area contributed by atoms with Gasteiger partial charge in [-0.15, -0.1) is 0 Å². The maximum atomic E-state index is 6.59. The third-order valence-corrected chi connectivity index (χ3v) is 11.7. The summed E-state index contributed by atoms with van der Waals surface area (Å²) in [5.74, 6) is 0.279. The van der Waals surface area contributed by atoms with Gasteiger partial charge in [0.25, 0.3) is 0 Å². The van der Waals surface area contributed by atoms with Gasteiger partial charge in [0.15, 0.2) is 0 Å². The second kappa shape index (κ2) is 8.49. The minimum atomic E-state index is -0.345. The summed E-state index contributed by atoms with van der Waals surface area (Å²) in [6.07, 6.45) is 6.62. The van der Waals surface area contributed by atoms with E-state index >= 15 is 0 Å². The van der Waals surface area contributed by atoms with Crippen LogP contribution in [0.25, 0.3) is 5.70 Å². The molecule has 1 aromatic carbocycles. The summed E-state index contributed by atoms with van der Waals surface area (Å²) in [6, 6.07) is 5.10. The first-order valence-electron chi connectivity index (χ1n) is 14.7. The van der Waals surface area contributed by atoms with Gasteiger partial charge in [-0.05, 0) is 91.1 Å². The van der Waals surface area contributed by atoms with Gasteiger partial charge in [-0.1, -0.05) is 81.4 Å². The molecule has 1 saturated heterocycles. The molecule has 3 aliphatic heterocycles. The molecule has 204 valence electrons. The van der Waals surface area contributed by atoms with Crippen molar-refractivity contribution in [3.63, 3.8) is 0 Å². The first-order valence-corrected chi connectivity index (χ1v) is 14.7. The van der Waals surface area contributed by atoms with Crippen LogP contribution in [0, 0.1) is 11.3 Å². The normalized spacial score (nSPS) is 30.8. The predicted molar refractivity (Wildman–Crippen MR) is 159 cm³/mol. The number of hydrogen-bond donors (Lipinski definition) is 1. The Morgan fingerprint density at radius 2 is 1.27 bits per heavy atom. The number of benzene rings is 1. The van der Waals surface area contributed by atoms with Crippen LogP contribution in [0.5, 0.6) is 0 Å². The first-order chi connectivity index (χ1) is 17.0. The van der Waals surface area contributed by atoms with Crippen LogP contribution >= 0.6 is 0 Å². The topological polar surface area (TPSA) is 30.5 Å². The summed E-state index contributed by atoms with van der Waals surface area (Å²) in [7, 11) is -0.321. The van der Waals surface area contributed by atoms with Gasteiger partial charge in [0.05, 0.1) is 16.7 Å². The van der Waals surface area contributed by atoms with Crippen LogP contribution in [0.4, 0.5) is 0 Å². The molecule has 3 nitrogen and oxygen atoms in total. The molecule has 1 aromatic rings. The maximum Gasteiger partial charge on any atom is 0.490 e. The Kier molecular flexibility index (Phi) is 6.54. The third-order valence-electron chi connectivity index (χ3n) is 11.7. The van der Waals surface area contributed by atoms with Crippen LogP contribution in [0.1, 0.15) is 132 Å². The summed E-state index contributed by atoms with van der Waals surface area (Å²) in [6.45, 7) is 31.9. The fourth-order valence-corrected chi connectivity index (χ4v) is 7.37. The Labute approximate surface area is 228 Å². The lowest BCUT2D eigenvalue weighted by atomic mass is 9.59. The van der Waals surface area contributed by atoms with Crippen molar-refractivity contribution in [1.29, 1.82) is 0 Å². The number of rotatable bonds is 3. The highest BCUT2D eigenvalue weighted by molar-refractivity contribution is 6.55. The zero-order valence-electron chi connectivity index (χ0n) is 26.2. The Bertz CT molecular complexity index is 1140. The lowest BCUT2D eigenvalue weighted by Gasteiger charge is -2.44. The van der Waals surface area contributed by atoms with E-state index < -0.39 is 0 Å². The Morgan fingerprint density at radius 1 is 0.757 bits per heavy atom. The Hall–Kier alpha value is -1.52. The fraction of sp³-hybridized carbons (Fsp3) is 0.697. The van der Waals surface area contributed by atoms with Gasteiger partial charge in [0.1, 0.15) is 0 Å². The average molecular weight is 506 g/mol. The van der Waals surface area contributed by atoms with E-state index in [0.29, 0.717) is 0 Å². The number of allylic oxidation sites excluding steroid dienone is 2. The van der Waals surface area contributed by atoms with Crippen LogP contribution in [0.3, 0.4) is 0 Å². The minimum Gasteiger partial charge on any atom is -0.400 e. The molecule has 4 aliphatic rings. The standard InChI is InChI=1S/C31H46BNO2.C2H6/c1-13-20-24(32-34-29(9,10)30(11,12)35-32)15-16-25-19-17-22-23(18-21(19)31(20,14-2)33-25)27(5,6)28(7,8)26(22,3)4;1-2/h15-18,20,33H,13-14H2,1-12H3;1-2H3. The van der Waals surface area contributed by atoms with Crippen molar-refractivity contribution in [2.75, 3.05) is 0 Å². The molecule has 2 unspecified atom stereocenters. The highest BCUT2D eigenvalue weighted by Gasteiger charge is 2.60. The van der Waals surface area contributed by atoms with E-state index in [1.165, 1.54) is 33.4 Å². The van der Waals surface area contributed by atoms with E-state index in [4.69, 9.17) is 9.31 Å². The van der Waals surface area contributed by atoms with Crippen LogP contribution in [-0.2, 0) is 25.7 Å². The molecule has 5 rings (SSSR count). The van der Waals surface area contributed by atoms with Gasteiger partial charge in [0, 0.05) is 17.2 Å². The summed E-state index contributed by atoms with van der Waals surface area (Å²) in [5.41, 5.74) is 7.86. The zero-order chi connectivity index (χ0) is 28.0. The van der Waals surface area contributed by atoms with E-state index in [1.807, 2.05) is 13.8 Å². The zero-order valence-corrected chi connectivity index (χ0v) is 26.2. The van der Waals surface area contributed by atoms with Crippen molar-refractivity contribution < 1.29 is 9.31 Å². The van der Waals surface area contributed by atoms with Crippen molar-refractivity contribution in [3.05, 3.63) is 52.0 Å². The predicted octanol–water partition coefficient (Wildman–Crippen LogP) is 8.45.